The van der Waals surface area contributed by atoms with E-state index in [9.17, 15) is 9.59 Å². The molecule has 0 saturated heterocycles. The van der Waals surface area contributed by atoms with Gasteiger partial charge in [-0.2, -0.15) is 4.79 Å². The maximum Gasteiger partial charge on any atom is 0.454 e. The first-order valence-electron chi connectivity index (χ1n) is 6.09. The van der Waals surface area contributed by atoms with Crippen LogP contribution in [0, 0.1) is 11.8 Å². The fourth-order valence-corrected chi connectivity index (χ4v) is 1.22. The molecule has 18 heavy (non-hydrogen) atoms. The van der Waals surface area contributed by atoms with Gasteiger partial charge in [0, 0.05) is 6.42 Å². The summed E-state index contributed by atoms with van der Waals surface area (Å²) in [6, 6.07) is 0. The van der Waals surface area contributed by atoms with E-state index in [0.717, 1.165) is 25.7 Å². The number of carbonyl (C=O) groups excluding carboxylic acids is 2. The lowest BCUT2D eigenvalue weighted by Gasteiger charge is -1.93. The SMILES string of the molecule is CCCCCCC#CC(=O)C(=[N+]=[N-])C(=O)OCC. The van der Waals surface area contributed by atoms with Crippen LogP contribution in [0.5, 0.6) is 0 Å². The minimum atomic E-state index is -0.953. The predicted octanol–water partition coefficient (Wildman–Crippen LogP) is 1.76. The van der Waals surface area contributed by atoms with E-state index in [4.69, 9.17) is 5.53 Å². The minimum absolute atomic E-state index is 0.107. The third-order valence-corrected chi connectivity index (χ3v) is 2.14. The quantitative estimate of drug-likeness (QED) is 0.101. The van der Waals surface area contributed by atoms with Gasteiger partial charge in [0.1, 0.15) is 0 Å². The van der Waals surface area contributed by atoms with Crippen molar-refractivity contribution in [3.8, 4) is 11.8 Å². The Morgan fingerprint density at radius 3 is 2.50 bits per heavy atom. The number of esters is 1. The van der Waals surface area contributed by atoms with Gasteiger partial charge in [-0.15, -0.1) is 0 Å². The highest BCUT2D eigenvalue weighted by Crippen LogP contribution is 2.00. The summed E-state index contributed by atoms with van der Waals surface area (Å²) >= 11 is 0. The lowest BCUT2D eigenvalue weighted by Crippen LogP contribution is -2.26. The molecule has 5 heteroatoms. The van der Waals surface area contributed by atoms with Gasteiger partial charge in [-0.1, -0.05) is 32.1 Å². The van der Waals surface area contributed by atoms with Crippen molar-refractivity contribution in [3.63, 3.8) is 0 Å². The molecule has 0 radical (unpaired) electrons. The van der Waals surface area contributed by atoms with Gasteiger partial charge in [0.05, 0.1) is 6.61 Å². The van der Waals surface area contributed by atoms with Crippen molar-refractivity contribution >= 4 is 17.5 Å². The van der Waals surface area contributed by atoms with E-state index < -0.39 is 17.5 Å². The smallest absolute Gasteiger partial charge is 0.454 e. The molecule has 0 aromatic carbocycles. The molecule has 0 spiro atoms. The van der Waals surface area contributed by atoms with Crippen molar-refractivity contribution in [2.24, 2.45) is 0 Å². The number of rotatable bonds is 7. The normalized spacial score (nSPS) is 8.78. The highest BCUT2D eigenvalue weighted by molar-refractivity contribution is 6.65. The molecule has 0 aromatic heterocycles. The monoisotopic (exact) mass is 250 g/mol. The highest BCUT2D eigenvalue weighted by Gasteiger charge is 2.29. The van der Waals surface area contributed by atoms with Crippen LogP contribution in [0.15, 0.2) is 0 Å². The Kier molecular flexibility index (Phi) is 9.15. The molecule has 0 aliphatic rings. The summed E-state index contributed by atoms with van der Waals surface area (Å²) in [5, 5.41) is 0. The van der Waals surface area contributed by atoms with Gasteiger partial charge in [-0.25, -0.2) is 4.79 Å². The second-order valence-corrected chi connectivity index (χ2v) is 3.61. The van der Waals surface area contributed by atoms with Crippen molar-refractivity contribution in [3.05, 3.63) is 5.53 Å². The number of nitrogens with zero attached hydrogens (tertiary/aromatic N) is 2. The molecular formula is C13H18N2O3. The van der Waals surface area contributed by atoms with E-state index in [0.29, 0.717) is 6.42 Å². The Balaban J connectivity index is 4.26. The zero-order valence-electron chi connectivity index (χ0n) is 10.9. The molecule has 0 bridgehead atoms. The Morgan fingerprint density at radius 1 is 1.22 bits per heavy atom. The molecule has 0 N–H and O–H groups in total. The van der Waals surface area contributed by atoms with Crippen molar-refractivity contribution in [2.75, 3.05) is 6.61 Å². The standard InChI is InChI=1S/C13H18N2O3/c1-3-5-6-7-8-9-10-11(16)12(15-14)13(17)18-4-2/h3-8H2,1-2H3. The summed E-state index contributed by atoms with van der Waals surface area (Å²) in [6.45, 7) is 3.81. The van der Waals surface area contributed by atoms with Gasteiger partial charge in [0.15, 0.2) is 0 Å². The van der Waals surface area contributed by atoms with E-state index in [1.807, 2.05) is 0 Å². The molecule has 0 saturated carbocycles. The molecular weight excluding hydrogens is 232 g/mol. The van der Waals surface area contributed by atoms with Crippen molar-refractivity contribution < 1.29 is 19.1 Å². The molecule has 98 valence electrons. The molecule has 0 rings (SSSR count). The highest BCUT2D eigenvalue weighted by atomic mass is 16.5. The number of Topliss-reactive ketones (excluding diaryl/α,β-unsaturated/α-hetero) is 1. The number of ether oxygens (including phenoxy) is 1. The first-order chi connectivity index (χ1) is 8.67. The van der Waals surface area contributed by atoms with Gasteiger partial charge >= 0.3 is 17.5 Å². The number of hydrogen-bond donors (Lipinski definition) is 0. The maximum absolute atomic E-state index is 11.4. The van der Waals surface area contributed by atoms with Crippen LogP contribution in [0.3, 0.4) is 0 Å². The van der Waals surface area contributed by atoms with Gasteiger partial charge in [0.25, 0.3) is 0 Å². The van der Waals surface area contributed by atoms with Crippen molar-refractivity contribution in [1.29, 1.82) is 0 Å². The fourth-order valence-electron chi connectivity index (χ4n) is 1.22. The summed E-state index contributed by atoms with van der Waals surface area (Å²) in [5.74, 6) is 3.16. The van der Waals surface area contributed by atoms with Gasteiger partial charge in [-0.05, 0) is 19.3 Å². The van der Waals surface area contributed by atoms with E-state index in [1.54, 1.807) is 6.92 Å². The van der Waals surface area contributed by atoms with Crippen molar-refractivity contribution in [1.82, 2.24) is 0 Å². The zero-order chi connectivity index (χ0) is 13.8. The van der Waals surface area contributed by atoms with E-state index >= 15 is 0 Å². The minimum Gasteiger partial charge on any atom is -0.457 e. The summed E-state index contributed by atoms with van der Waals surface area (Å²) in [4.78, 5) is 25.2. The average Bonchev–Trinajstić information content (AvgIpc) is 2.35. The van der Waals surface area contributed by atoms with Gasteiger partial charge < -0.3 is 10.3 Å². The van der Waals surface area contributed by atoms with Crippen LogP contribution in [-0.2, 0) is 14.3 Å². The van der Waals surface area contributed by atoms with E-state index in [1.165, 1.54) is 0 Å². The van der Waals surface area contributed by atoms with Crippen LogP contribution in [0.4, 0.5) is 0 Å². The average molecular weight is 250 g/mol. The van der Waals surface area contributed by atoms with Crippen LogP contribution >= 0.6 is 0 Å². The topological polar surface area (TPSA) is 79.8 Å². The fraction of sp³-hybridized carbons (Fsp3) is 0.615. The molecule has 0 amide bonds. The Morgan fingerprint density at radius 2 is 1.94 bits per heavy atom. The predicted molar refractivity (Wildman–Crippen MR) is 66.8 cm³/mol. The number of hydrogen-bond acceptors (Lipinski definition) is 3. The van der Waals surface area contributed by atoms with Crippen LogP contribution in [0.25, 0.3) is 5.53 Å². The first kappa shape index (κ1) is 16.1. The summed E-state index contributed by atoms with van der Waals surface area (Å²) in [6.07, 6.45) is 4.85. The number of ketones is 1. The Bertz CT molecular complexity index is 398. The summed E-state index contributed by atoms with van der Waals surface area (Å²) in [7, 11) is 0. The van der Waals surface area contributed by atoms with Crippen LogP contribution in [-0.4, -0.2) is 28.9 Å². The third kappa shape index (κ3) is 6.62. The lowest BCUT2D eigenvalue weighted by atomic mass is 10.1. The first-order valence-corrected chi connectivity index (χ1v) is 6.09. The third-order valence-electron chi connectivity index (χ3n) is 2.14. The van der Waals surface area contributed by atoms with Gasteiger partial charge in [-0.3, -0.25) is 4.79 Å². The summed E-state index contributed by atoms with van der Waals surface area (Å²) < 4.78 is 4.56. The van der Waals surface area contributed by atoms with E-state index in [-0.39, 0.29) is 6.61 Å². The number of unbranched alkanes of at least 4 members (excludes halogenated alkanes) is 4. The molecule has 0 aliphatic heterocycles. The second-order valence-electron chi connectivity index (χ2n) is 3.61. The van der Waals surface area contributed by atoms with Crippen molar-refractivity contribution in [2.45, 2.75) is 46.0 Å². The number of carbonyl (C=O) groups is 2. The molecule has 0 aromatic rings. The Hall–Kier alpha value is -1.92. The zero-order valence-corrected chi connectivity index (χ0v) is 10.9. The van der Waals surface area contributed by atoms with Crippen LogP contribution in [0.2, 0.25) is 0 Å². The summed E-state index contributed by atoms with van der Waals surface area (Å²) in [5.41, 5.74) is 7.90. The second kappa shape index (κ2) is 10.2. The molecule has 0 fully saturated rings. The lowest BCUT2D eigenvalue weighted by molar-refractivity contribution is -0.141. The van der Waals surface area contributed by atoms with Crippen LogP contribution < -0.4 is 0 Å². The molecule has 0 atom stereocenters. The molecule has 0 aliphatic carbocycles. The van der Waals surface area contributed by atoms with E-state index in [2.05, 4.69) is 28.3 Å². The Labute approximate surface area is 107 Å². The molecule has 0 unspecified atom stereocenters. The van der Waals surface area contributed by atoms with Crippen LogP contribution in [0.1, 0.15) is 46.0 Å². The maximum atomic E-state index is 11.4. The van der Waals surface area contributed by atoms with Gasteiger partial charge in [0.2, 0.25) is 0 Å². The molecule has 5 nitrogen and oxygen atoms in total. The largest absolute Gasteiger partial charge is 0.457 e. The molecule has 0 heterocycles.